The first-order valence-corrected chi connectivity index (χ1v) is 10.2. The fourth-order valence-electron chi connectivity index (χ4n) is 3.07. The average molecular weight is 447 g/mol. The Labute approximate surface area is 190 Å². The Balaban J connectivity index is 1.81. The number of amides is 1. The number of rotatable bonds is 8. The molecule has 0 atom stereocenters. The molecule has 2 aromatic rings. The second-order valence-corrected chi connectivity index (χ2v) is 7.38. The van der Waals surface area contributed by atoms with Gasteiger partial charge < -0.3 is 15.5 Å². The molecular formula is C26H22FNO5. The first kappa shape index (κ1) is 23.4. The molecular weight excluding hydrogens is 425 g/mol. The Morgan fingerprint density at radius 3 is 1.70 bits per heavy atom. The van der Waals surface area contributed by atoms with Crippen LogP contribution in [-0.4, -0.2) is 27.7 Å². The van der Waals surface area contributed by atoms with Crippen LogP contribution in [0.4, 0.5) is 4.39 Å². The van der Waals surface area contributed by atoms with Gasteiger partial charge in [-0.1, -0.05) is 36.4 Å². The maximum absolute atomic E-state index is 13.2. The summed E-state index contributed by atoms with van der Waals surface area (Å²) in [5.74, 6) is -4.07. The number of phenols is 2. The number of nitrogens with one attached hydrogen (secondary N) is 1. The number of halogens is 1. The van der Waals surface area contributed by atoms with E-state index in [4.69, 9.17) is 0 Å². The maximum atomic E-state index is 13.2. The highest BCUT2D eigenvalue weighted by Crippen LogP contribution is 2.19. The SMILES string of the molecule is O=C(/C=C/c1ccc(O)cc1)C(C(=O)/C=C/c1ccc(O)cc1)C(=O)NC1=CC=C(F)CC1. The van der Waals surface area contributed by atoms with E-state index < -0.39 is 23.4 Å². The van der Waals surface area contributed by atoms with E-state index in [1.807, 2.05) is 0 Å². The minimum absolute atomic E-state index is 0.0662. The number of carbonyl (C=O) groups excluding carboxylic acids is 3. The van der Waals surface area contributed by atoms with E-state index in [2.05, 4.69) is 5.32 Å². The van der Waals surface area contributed by atoms with Crippen LogP contribution in [-0.2, 0) is 14.4 Å². The van der Waals surface area contributed by atoms with Gasteiger partial charge in [0.15, 0.2) is 17.5 Å². The molecule has 0 fully saturated rings. The zero-order valence-electron chi connectivity index (χ0n) is 17.6. The van der Waals surface area contributed by atoms with Gasteiger partial charge in [-0.3, -0.25) is 14.4 Å². The highest BCUT2D eigenvalue weighted by molar-refractivity contribution is 6.25. The summed E-state index contributed by atoms with van der Waals surface area (Å²) in [5, 5.41) is 21.3. The topological polar surface area (TPSA) is 104 Å². The van der Waals surface area contributed by atoms with Gasteiger partial charge >= 0.3 is 0 Å². The van der Waals surface area contributed by atoms with Crippen LogP contribution in [0.2, 0.25) is 0 Å². The summed E-state index contributed by atoms with van der Waals surface area (Å²) in [6, 6.07) is 12.1. The molecule has 0 unspecified atom stereocenters. The third-order valence-electron chi connectivity index (χ3n) is 4.88. The standard InChI is InChI=1S/C26H22FNO5/c27-19-7-9-20(10-8-19)28-26(33)25(23(31)15-5-17-1-11-21(29)12-2-17)24(32)16-6-18-3-13-22(30)14-4-18/h1-7,9,11-16,25,29-30H,8,10H2,(H,28,33)/b15-5+,16-6+. The van der Waals surface area contributed by atoms with Gasteiger partial charge in [0, 0.05) is 12.1 Å². The van der Waals surface area contributed by atoms with Gasteiger partial charge in [0.2, 0.25) is 5.91 Å². The lowest BCUT2D eigenvalue weighted by Crippen LogP contribution is -2.39. The number of hydrogen-bond donors (Lipinski definition) is 3. The fraction of sp³-hybridized carbons (Fsp3) is 0.115. The minimum atomic E-state index is -1.64. The van der Waals surface area contributed by atoms with Gasteiger partial charge in [0.05, 0.1) is 0 Å². The van der Waals surface area contributed by atoms with E-state index in [0.717, 1.165) is 12.2 Å². The van der Waals surface area contributed by atoms with Crippen LogP contribution >= 0.6 is 0 Å². The summed E-state index contributed by atoms with van der Waals surface area (Å²) in [4.78, 5) is 38.5. The zero-order valence-corrected chi connectivity index (χ0v) is 17.6. The summed E-state index contributed by atoms with van der Waals surface area (Å²) in [5.41, 5.74) is 1.61. The van der Waals surface area contributed by atoms with E-state index >= 15 is 0 Å². The van der Waals surface area contributed by atoms with Gasteiger partial charge in [-0.2, -0.15) is 0 Å². The average Bonchev–Trinajstić information content (AvgIpc) is 2.80. The van der Waals surface area contributed by atoms with Crippen molar-refractivity contribution in [2.45, 2.75) is 12.8 Å². The van der Waals surface area contributed by atoms with Gasteiger partial charge in [0.25, 0.3) is 0 Å². The molecule has 33 heavy (non-hydrogen) atoms. The van der Waals surface area contributed by atoms with Crippen molar-refractivity contribution in [3.63, 3.8) is 0 Å². The highest BCUT2D eigenvalue weighted by atomic mass is 19.1. The Hall–Kier alpha value is -4.26. The van der Waals surface area contributed by atoms with Gasteiger partial charge in [-0.05, 0) is 66.1 Å². The third-order valence-corrected chi connectivity index (χ3v) is 4.88. The molecule has 0 heterocycles. The molecule has 1 aliphatic rings. The zero-order chi connectivity index (χ0) is 23.8. The van der Waals surface area contributed by atoms with Crippen LogP contribution in [0.25, 0.3) is 12.2 Å². The van der Waals surface area contributed by atoms with Gasteiger partial charge in [-0.15, -0.1) is 0 Å². The smallest absolute Gasteiger partial charge is 0.243 e. The van der Waals surface area contributed by atoms with Crippen molar-refractivity contribution in [2.24, 2.45) is 5.92 Å². The molecule has 3 N–H and O–H groups in total. The molecule has 168 valence electrons. The Morgan fingerprint density at radius 1 is 0.788 bits per heavy atom. The van der Waals surface area contributed by atoms with Crippen molar-refractivity contribution in [3.8, 4) is 11.5 Å². The molecule has 1 amide bonds. The number of ketones is 2. The third kappa shape index (κ3) is 6.87. The van der Waals surface area contributed by atoms with Crippen molar-refractivity contribution in [1.29, 1.82) is 0 Å². The van der Waals surface area contributed by atoms with Crippen LogP contribution in [0.3, 0.4) is 0 Å². The van der Waals surface area contributed by atoms with Crippen LogP contribution in [0.15, 0.2) is 84.4 Å². The Bertz CT molecular complexity index is 1090. The molecule has 1 aliphatic carbocycles. The minimum Gasteiger partial charge on any atom is -0.508 e. The molecule has 0 saturated heterocycles. The Morgan fingerprint density at radius 2 is 1.27 bits per heavy atom. The molecule has 0 aliphatic heterocycles. The largest absolute Gasteiger partial charge is 0.508 e. The number of carbonyl (C=O) groups is 3. The summed E-state index contributed by atoms with van der Waals surface area (Å²) < 4.78 is 13.2. The van der Waals surface area contributed by atoms with Crippen molar-refractivity contribution in [1.82, 2.24) is 5.32 Å². The number of aromatic hydroxyl groups is 2. The van der Waals surface area contributed by atoms with Crippen LogP contribution in [0.1, 0.15) is 24.0 Å². The summed E-state index contributed by atoms with van der Waals surface area (Å²) in [6.07, 6.45) is 8.16. The van der Waals surface area contributed by atoms with E-state index in [0.29, 0.717) is 16.8 Å². The Kier molecular flexibility index (Phi) is 7.70. The molecule has 0 aromatic heterocycles. The maximum Gasteiger partial charge on any atom is 0.243 e. The number of benzene rings is 2. The molecule has 0 bridgehead atoms. The number of allylic oxidation sites excluding steroid dienone is 6. The number of hydrogen-bond acceptors (Lipinski definition) is 5. The predicted octanol–water partition coefficient (Wildman–Crippen LogP) is 4.23. The molecule has 0 spiro atoms. The highest BCUT2D eigenvalue weighted by Gasteiger charge is 2.31. The quantitative estimate of drug-likeness (QED) is 0.415. The van der Waals surface area contributed by atoms with Gasteiger partial charge in [0.1, 0.15) is 17.3 Å². The lowest BCUT2D eigenvalue weighted by atomic mass is 9.95. The fourth-order valence-corrected chi connectivity index (χ4v) is 3.07. The predicted molar refractivity (Wildman–Crippen MR) is 122 cm³/mol. The summed E-state index contributed by atoms with van der Waals surface area (Å²) in [7, 11) is 0. The lowest BCUT2D eigenvalue weighted by molar-refractivity contribution is -0.136. The van der Waals surface area contributed by atoms with Crippen molar-refractivity contribution < 1.29 is 29.0 Å². The second kappa shape index (κ2) is 10.9. The van der Waals surface area contributed by atoms with Crippen LogP contribution in [0, 0.1) is 5.92 Å². The van der Waals surface area contributed by atoms with E-state index in [-0.39, 0.29) is 30.2 Å². The van der Waals surface area contributed by atoms with Crippen molar-refractivity contribution in [2.75, 3.05) is 0 Å². The number of phenolic OH excluding ortho intramolecular Hbond substituents is 2. The first-order valence-electron chi connectivity index (χ1n) is 10.2. The van der Waals surface area contributed by atoms with Crippen molar-refractivity contribution in [3.05, 3.63) is 95.5 Å². The van der Waals surface area contributed by atoms with E-state index in [9.17, 15) is 29.0 Å². The van der Waals surface area contributed by atoms with E-state index in [1.54, 1.807) is 24.3 Å². The molecule has 3 rings (SSSR count). The first-order chi connectivity index (χ1) is 15.8. The van der Waals surface area contributed by atoms with Gasteiger partial charge in [-0.25, -0.2) is 4.39 Å². The second-order valence-electron chi connectivity index (χ2n) is 7.38. The lowest BCUT2D eigenvalue weighted by Gasteiger charge is -2.15. The summed E-state index contributed by atoms with van der Waals surface area (Å²) in [6.45, 7) is 0. The molecule has 7 heteroatoms. The normalized spacial score (nSPS) is 13.8. The molecule has 6 nitrogen and oxygen atoms in total. The van der Waals surface area contributed by atoms with Crippen LogP contribution in [0.5, 0.6) is 11.5 Å². The molecule has 2 aromatic carbocycles. The molecule has 0 saturated carbocycles. The van der Waals surface area contributed by atoms with E-state index in [1.165, 1.54) is 48.6 Å². The summed E-state index contributed by atoms with van der Waals surface area (Å²) >= 11 is 0. The van der Waals surface area contributed by atoms with Crippen molar-refractivity contribution >= 4 is 29.6 Å². The monoisotopic (exact) mass is 447 g/mol. The molecule has 0 radical (unpaired) electrons. The van der Waals surface area contributed by atoms with Crippen LogP contribution < -0.4 is 5.32 Å².